The Morgan fingerprint density at radius 2 is 1.74 bits per heavy atom. The van der Waals surface area contributed by atoms with Crippen molar-refractivity contribution in [1.82, 2.24) is 10.6 Å². The van der Waals surface area contributed by atoms with Crippen LogP contribution in [-0.4, -0.2) is 11.9 Å². The number of carbonyl (C=O) groups excluding carboxylic acids is 2. The second kappa shape index (κ2) is 6.04. The molecule has 0 fully saturated rings. The largest absolute Gasteiger partial charge is 0.399 e. The molecule has 3 amide bonds. The highest BCUT2D eigenvalue weighted by Crippen LogP contribution is 2.13. The number of hydrogen-bond donors (Lipinski definition) is 3. The van der Waals surface area contributed by atoms with Gasteiger partial charge in [-0.15, -0.1) is 0 Å². The van der Waals surface area contributed by atoms with E-state index in [0.29, 0.717) is 11.3 Å². The molecule has 0 spiro atoms. The molecule has 1 aromatic carbocycles. The van der Waals surface area contributed by atoms with Crippen molar-refractivity contribution in [2.75, 3.05) is 5.73 Å². The molecule has 0 saturated carbocycles. The van der Waals surface area contributed by atoms with E-state index in [1.807, 2.05) is 26.8 Å². The van der Waals surface area contributed by atoms with Crippen molar-refractivity contribution in [2.24, 2.45) is 5.41 Å². The number of nitrogen functional groups attached to an aromatic ring is 1. The average molecular weight is 261 g/mol. The molecule has 19 heavy (non-hydrogen) atoms. The number of allylic oxidation sites excluding steroid dienone is 1. The first-order chi connectivity index (χ1) is 8.78. The minimum atomic E-state index is -0.567. The maximum absolute atomic E-state index is 11.7. The Morgan fingerprint density at radius 3 is 2.26 bits per heavy atom. The fraction of sp³-hybridized carbons (Fsp3) is 0.286. The Balaban J connectivity index is 2.51. The highest BCUT2D eigenvalue weighted by molar-refractivity contribution is 6.04. The lowest BCUT2D eigenvalue weighted by molar-refractivity contribution is 0.0965. The van der Waals surface area contributed by atoms with Crippen molar-refractivity contribution in [3.05, 3.63) is 42.1 Å². The van der Waals surface area contributed by atoms with Crippen molar-refractivity contribution in [3.63, 3.8) is 0 Å². The second-order valence-electron chi connectivity index (χ2n) is 5.25. The second-order valence-corrected chi connectivity index (χ2v) is 5.25. The summed E-state index contributed by atoms with van der Waals surface area (Å²) in [5.41, 5.74) is 6.42. The third-order valence-corrected chi connectivity index (χ3v) is 2.20. The molecule has 0 aliphatic rings. The first kappa shape index (κ1) is 14.8. The van der Waals surface area contributed by atoms with E-state index >= 15 is 0 Å². The maximum Gasteiger partial charge on any atom is 0.325 e. The summed E-state index contributed by atoms with van der Waals surface area (Å²) in [6.45, 7) is 6.01. The van der Waals surface area contributed by atoms with E-state index in [4.69, 9.17) is 5.73 Å². The van der Waals surface area contributed by atoms with Gasteiger partial charge >= 0.3 is 6.03 Å². The molecule has 4 N–H and O–H groups in total. The van der Waals surface area contributed by atoms with Crippen molar-refractivity contribution in [3.8, 4) is 0 Å². The first-order valence-corrected chi connectivity index (χ1v) is 5.93. The predicted octanol–water partition coefficient (Wildman–Crippen LogP) is 2.27. The van der Waals surface area contributed by atoms with Crippen LogP contribution in [0.1, 0.15) is 31.1 Å². The number of carbonyl (C=O) groups is 2. The summed E-state index contributed by atoms with van der Waals surface area (Å²) in [7, 11) is 0. The van der Waals surface area contributed by atoms with E-state index in [1.165, 1.54) is 6.20 Å². The van der Waals surface area contributed by atoms with Gasteiger partial charge in [0, 0.05) is 17.5 Å². The number of hydrogen-bond acceptors (Lipinski definition) is 3. The summed E-state index contributed by atoms with van der Waals surface area (Å²) >= 11 is 0. The van der Waals surface area contributed by atoms with Gasteiger partial charge in [0.25, 0.3) is 5.91 Å². The van der Waals surface area contributed by atoms with E-state index in [-0.39, 0.29) is 5.41 Å². The van der Waals surface area contributed by atoms with Crippen LogP contribution in [0.25, 0.3) is 0 Å². The van der Waals surface area contributed by atoms with Crippen LogP contribution >= 0.6 is 0 Å². The summed E-state index contributed by atoms with van der Waals surface area (Å²) < 4.78 is 0. The van der Waals surface area contributed by atoms with Crippen LogP contribution in [0.4, 0.5) is 10.5 Å². The molecule has 0 aliphatic heterocycles. The van der Waals surface area contributed by atoms with Crippen LogP contribution in [0, 0.1) is 5.41 Å². The fourth-order valence-corrected chi connectivity index (χ4v) is 1.21. The molecular formula is C14H19N3O2. The molecule has 1 aromatic rings. The third-order valence-electron chi connectivity index (χ3n) is 2.20. The number of benzene rings is 1. The Morgan fingerprint density at radius 1 is 1.16 bits per heavy atom. The molecule has 5 heteroatoms. The summed E-state index contributed by atoms with van der Waals surface area (Å²) in [4.78, 5) is 23.2. The molecule has 0 aliphatic carbocycles. The maximum atomic E-state index is 11.7. The lowest BCUT2D eigenvalue weighted by Crippen LogP contribution is -2.37. The van der Waals surface area contributed by atoms with E-state index in [1.54, 1.807) is 24.3 Å². The van der Waals surface area contributed by atoms with Gasteiger partial charge in [0.1, 0.15) is 0 Å². The molecule has 0 unspecified atom stereocenters. The van der Waals surface area contributed by atoms with Gasteiger partial charge in [-0.05, 0) is 29.7 Å². The predicted molar refractivity (Wildman–Crippen MR) is 75.4 cm³/mol. The van der Waals surface area contributed by atoms with E-state index in [0.717, 1.165) is 0 Å². The minimum Gasteiger partial charge on any atom is -0.399 e. The molecule has 1 rings (SSSR count). The van der Waals surface area contributed by atoms with Gasteiger partial charge in [-0.25, -0.2) is 4.79 Å². The number of nitrogens with two attached hydrogens (primary N) is 1. The molecule has 0 heterocycles. The Kier molecular flexibility index (Phi) is 4.69. The number of urea groups is 1. The van der Waals surface area contributed by atoms with Crippen molar-refractivity contribution in [2.45, 2.75) is 20.8 Å². The molecule has 0 radical (unpaired) electrons. The zero-order chi connectivity index (χ0) is 14.5. The SMILES string of the molecule is CC(C)(C)/C=C/NC(=O)NC(=O)c1ccc(N)cc1. The van der Waals surface area contributed by atoms with Crippen LogP contribution in [0.5, 0.6) is 0 Å². The van der Waals surface area contributed by atoms with Gasteiger partial charge in [-0.1, -0.05) is 26.8 Å². The van der Waals surface area contributed by atoms with Crippen LogP contribution < -0.4 is 16.4 Å². The summed E-state index contributed by atoms with van der Waals surface area (Å²) in [5, 5.41) is 4.70. The smallest absolute Gasteiger partial charge is 0.325 e. The number of nitrogens with one attached hydrogen (secondary N) is 2. The number of imide groups is 1. The topological polar surface area (TPSA) is 84.2 Å². The number of amides is 3. The molecule has 102 valence electrons. The summed E-state index contributed by atoms with van der Waals surface area (Å²) in [6, 6.07) is 5.76. The Hall–Kier alpha value is -2.30. The van der Waals surface area contributed by atoms with Crippen LogP contribution in [0.3, 0.4) is 0 Å². The molecular weight excluding hydrogens is 242 g/mol. The molecule has 0 aromatic heterocycles. The fourth-order valence-electron chi connectivity index (χ4n) is 1.21. The van der Waals surface area contributed by atoms with Crippen molar-refractivity contribution >= 4 is 17.6 Å². The highest BCUT2D eigenvalue weighted by Gasteiger charge is 2.09. The van der Waals surface area contributed by atoms with Crippen molar-refractivity contribution < 1.29 is 9.59 Å². The standard InChI is InChI=1S/C14H19N3O2/c1-14(2,3)8-9-16-13(19)17-12(18)10-4-6-11(15)7-5-10/h4-9H,15H2,1-3H3,(H2,16,17,18,19)/b9-8+. The normalized spacial score (nSPS) is 11.3. The van der Waals surface area contributed by atoms with Crippen LogP contribution in [0.15, 0.2) is 36.5 Å². The minimum absolute atomic E-state index is 0.0335. The molecule has 0 atom stereocenters. The Bertz CT molecular complexity index is 484. The summed E-state index contributed by atoms with van der Waals surface area (Å²) in [6.07, 6.45) is 3.35. The molecule has 5 nitrogen and oxygen atoms in total. The van der Waals surface area contributed by atoms with Crippen molar-refractivity contribution in [1.29, 1.82) is 0 Å². The van der Waals surface area contributed by atoms with Gasteiger partial charge in [-0.2, -0.15) is 0 Å². The number of rotatable bonds is 2. The molecule has 0 saturated heterocycles. The zero-order valence-electron chi connectivity index (χ0n) is 11.4. The van der Waals surface area contributed by atoms with Gasteiger partial charge in [0.15, 0.2) is 0 Å². The van der Waals surface area contributed by atoms with E-state index in [2.05, 4.69) is 10.6 Å². The number of anilines is 1. The lowest BCUT2D eigenvalue weighted by atomic mass is 9.97. The third kappa shape index (κ3) is 5.72. The Labute approximate surface area is 112 Å². The summed E-state index contributed by atoms with van der Waals surface area (Å²) in [5.74, 6) is -0.471. The van der Waals surface area contributed by atoms with Crippen LogP contribution in [-0.2, 0) is 0 Å². The van der Waals surface area contributed by atoms with Gasteiger partial charge < -0.3 is 11.1 Å². The average Bonchev–Trinajstić information content (AvgIpc) is 2.27. The molecule has 0 bridgehead atoms. The first-order valence-electron chi connectivity index (χ1n) is 5.93. The monoisotopic (exact) mass is 261 g/mol. The van der Waals surface area contributed by atoms with E-state index in [9.17, 15) is 9.59 Å². The highest BCUT2D eigenvalue weighted by atomic mass is 16.2. The van der Waals surface area contributed by atoms with Gasteiger partial charge in [-0.3, -0.25) is 10.1 Å². The van der Waals surface area contributed by atoms with Crippen LogP contribution in [0.2, 0.25) is 0 Å². The van der Waals surface area contributed by atoms with Gasteiger partial charge in [0.2, 0.25) is 0 Å². The lowest BCUT2D eigenvalue weighted by Gasteiger charge is -2.11. The van der Waals surface area contributed by atoms with Gasteiger partial charge in [0.05, 0.1) is 0 Å². The van der Waals surface area contributed by atoms with E-state index < -0.39 is 11.9 Å². The zero-order valence-corrected chi connectivity index (χ0v) is 11.4. The quantitative estimate of drug-likeness (QED) is 0.714.